The molecule has 0 bridgehead atoms. The van der Waals surface area contributed by atoms with Crippen molar-refractivity contribution in [3.05, 3.63) is 42.5 Å². The van der Waals surface area contributed by atoms with Crippen molar-refractivity contribution in [2.24, 2.45) is 0 Å². The van der Waals surface area contributed by atoms with Crippen LogP contribution < -0.4 is 10.2 Å². The van der Waals surface area contributed by atoms with E-state index in [2.05, 4.69) is 26.4 Å². The van der Waals surface area contributed by atoms with Crippen molar-refractivity contribution < 1.29 is 4.39 Å². The van der Waals surface area contributed by atoms with Crippen LogP contribution in [0.2, 0.25) is 0 Å². The Kier molecular flexibility index (Phi) is 4.36. The van der Waals surface area contributed by atoms with E-state index in [1.807, 2.05) is 29.1 Å². The van der Waals surface area contributed by atoms with Crippen LogP contribution >= 0.6 is 0 Å². The second kappa shape index (κ2) is 6.60. The van der Waals surface area contributed by atoms with Gasteiger partial charge in [-0.15, -0.1) is 0 Å². The van der Waals surface area contributed by atoms with E-state index in [1.54, 1.807) is 19.0 Å². The van der Waals surface area contributed by atoms with E-state index in [-0.39, 0.29) is 5.82 Å². The fourth-order valence-corrected chi connectivity index (χ4v) is 2.39. The van der Waals surface area contributed by atoms with Gasteiger partial charge in [-0.05, 0) is 12.5 Å². The quantitative estimate of drug-likeness (QED) is 0.709. The summed E-state index contributed by atoms with van der Waals surface area (Å²) < 4.78 is 15.5. The first-order chi connectivity index (χ1) is 11.1. The molecule has 0 radical (unpaired) electrons. The predicted octanol–water partition coefficient (Wildman–Crippen LogP) is 2.53. The van der Waals surface area contributed by atoms with E-state index in [9.17, 15) is 4.39 Å². The molecule has 0 amide bonds. The zero-order chi connectivity index (χ0) is 16.2. The van der Waals surface area contributed by atoms with Crippen LogP contribution in [-0.2, 0) is 6.54 Å². The number of hydrogen-bond acceptors (Lipinski definition) is 5. The molecule has 0 atom stereocenters. The van der Waals surface area contributed by atoms with Gasteiger partial charge in [0.15, 0.2) is 11.6 Å². The number of nitrogens with zero attached hydrogens (tertiary/aromatic N) is 5. The summed E-state index contributed by atoms with van der Waals surface area (Å²) in [4.78, 5) is 9.75. The van der Waals surface area contributed by atoms with Crippen LogP contribution in [0.25, 0.3) is 10.9 Å². The van der Waals surface area contributed by atoms with Crippen molar-refractivity contribution in [1.29, 1.82) is 0 Å². The molecule has 0 saturated carbocycles. The average molecular weight is 314 g/mol. The molecule has 2 heterocycles. The Morgan fingerprint density at radius 2 is 2.04 bits per heavy atom. The molecule has 0 aliphatic heterocycles. The zero-order valence-electron chi connectivity index (χ0n) is 13.2. The van der Waals surface area contributed by atoms with Gasteiger partial charge in [0, 0.05) is 32.6 Å². The van der Waals surface area contributed by atoms with E-state index in [1.165, 1.54) is 6.20 Å². The number of aromatic nitrogens is 4. The minimum Gasteiger partial charge on any atom is -0.360 e. The first kappa shape index (κ1) is 15.2. The lowest BCUT2D eigenvalue weighted by Crippen LogP contribution is -2.15. The van der Waals surface area contributed by atoms with Crippen molar-refractivity contribution in [2.45, 2.75) is 13.0 Å². The van der Waals surface area contributed by atoms with Gasteiger partial charge in [0.05, 0.1) is 17.9 Å². The van der Waals surface area contributed by atoms with Crippen LogP contribution in [0.4, 0.5) is 16.2 Å². The third kappa shape index (κ3) is 3.39. The maximum atomic E-state index is 13.5. The summed E-state index contributed by atoms with van der Waals surface area (Å²) in [6, 6.07) is 8.12. The van der Waals surface area contributed by atoms with Gasteiger partial charge in [-0.3, -0.25) is 4.68 Å². The molecule has 3 aromatic rings. The Hall–Kier alpha value is -2.70. The molecule has 23 heavy (non-hydrogen) atoms. The van der Waals surface area contributed by atoms with Gasteiger partial charge in [-0.2, -0.15) is 10.1 Å². The van der Waals surface area contributed by atoms with Crippen LogP contribution in [0.15, 0.2) is 36.7 Å². The highest BCUT2D eigenvalue weighted by Gasteiger charge is 2.08. The molecule has 7 heteroatoms. The minimum absolute atomic E-state index is 0.278. The van der Waals surface area contributed by atoms with E-state index in [0.29, 0.717) is 12.5 Å². The summed E-state index contributed by atoms with van der Waals surface area (Å²) in [5, 5.41) is 8.65. The van der Waals surface area contributed by atoms with Crippen LogP contribution in [0, 0.1) is 5.82 Å². The number of rotatable bonds is 6. The van der Waals surface area contributed by atoms with Gasteiger partial charge in [-0.25, -0.2) is 9.37 Å². The van der Waals surface area contributed by atoms with Gasteiger partial charge >= 0.3 is 0 Å². The standard InChI is InChI=1S/C16H19FN6/c1-22(2)15-13(17)11-19-16(21-15)18-8-5-9-23-14-7-4-3-6-12(14)10-20-23/h3-4,6-7,10-11H,5,8-9H2,1-2H3,(H,18,19,21). The summed E-state index contributed by atoms with van der Waals surface area (Å²) in [6.07, 6.45) is 3.92. The van der Waals surface area contributed by atoms with Gasteiger partial charge in [0.2, 0.25) is 5.95 Å². The highest BCUT2D eigenvalue weighted by atomic mass is 19.1. The van der Waals surface area contributed by atoms with Crippen LogP contribution in [-0.4, -0.2) is 40.4 Å². The number of nitrogens with one attached hydrogen (secondary N) is 1. The van der Waals surface area contributed by atoms with E-state index in [0.717, 1.165) is 23.9 Å². The number of anilines is 2. The molecular formula is C16H19FN6. The lowest BCUT2D eigenvalue weighted by atomic mass is 10.2. The summed E-state index contributed by atoms with van der Waals surface area (Å²) in [5.74, 6) is 0.282. The summed E-state index contributed by atoms with van der Waals surface area (Å²) in [7, 11) is 3.50. The zero-order valence-corrected chi connectivity index (χ0v) is 13.2. The third-order valence-electron chi connectivity index (χ3n) is 3.53. The second-order valence-corrected chi connectivity index (χ2v) is 5.47. The molecule has 1 aromatic carbocycles. The number of para-hydroxylation sites is 1. The van der Waals surface area contributed by atoms with Crippen LogP contribution in [0.3, 0.4) is 0 Å². The fraction of sp³-hybridized carbons (Fsp3) is 0.312. The Morgan fingerprint density at radius 1 is 1.22 bits per heavy atom. The van der Waals surface area contributed by atoms with Crippen LogP contribution in [0.5, 0.6) is 0 Å². The fourth-order valence-electron chi connectivity index (χ4n) is 2.39. The Morgan fingerprint density at radius 3 is 2.87 bits per heavy atom. The molecule has 0 saturated heterocycles. The second-order valence-electron chi connectivity index (χ2n) is 5.47. The first-order valence-corrected chi connectivity index (χ1v) is 7.49. The van der Waals surface area contributed by atoms with Crippen LogP contribution in [0.1, 0.15) is 6.42 Å². The van der Waals surface area contributed by atoms with Gasteiger partial charge in [0.1, 0.15) is 0 Å². The summed E-state index contributed by atoms with van der Waals surface area (Å²) in [5.41, 5.74) is 1.13. The largest absolute Gasteiger partial charge is 0.360 e. The number of benzene rings is 1. The van der Waals surface area contributed by atoms with Crippen molar-refractivity contribution >= 4 is 22.7 Å². The smallest absolute Gasteiger partial charge is 0.224 e. The van der Waals surface area contributed by atoms with E-state index >= 15 is 0 Å². The average Bonchev–Trinajstić information content (AvgIpc) is 2.96. The molecular weight excluding hydrogens is 295 g/mol. The molecule has 0 fully saturated rings. The van der Waals surface area contributed by atoms with Crippen molar-refractivity contribution in [3.8, 4) is 0 Å². The number of halogens is 1. The predicted molar refractivity (Wildman–Crippen MR) is 89.2 cm³/mol. The van der Waals surface area contributed by atoms with E-state index in [4.69, 9.17) is 0 Å². The molecule has 0 aliphatic carbocycles. The number of fused-ring (bicyclic) bond motifs is 1. The van der Waals surface area contributed by atoms with Crippen molar-refractivity contribution in [3.63, 3.8) is 0 Å². The Labute approximate surface area is 134 Å². The minimum atomic E-state index is -0.427. The lowest BCUT2D eigenvalue weighted by Gasteiger charge is -2.13. The molecule has 0 unspecified atom stereocenters. The van der Waals surface area contributed by atoms with E-state index < -0.39 is 5.82 Å². The Balaban J connectivity index is 1.57. The topological polar surface area (TPSA) is 58.9 Å². The highest BCUT2D eigenvalue weighted by Crippen LogP contribution is 2.15. The van der Waals surface area contributed by atoms with Gasteiger partial charge < -0.3 is 10.2 Å². The molecule has 2 aromatic heterocycles. The molecule has 0 aliphatic rings. The molecule has 3 rings (SSSR count). The number of aryl methyl sites for hydroxylation is 1. The number of hydrogen-bond donors (Lipinski definition) is 1. The molecule has 1 N–H and O–H groups in total. The summed E-state index contributed by atoms with van der Waals surface area (Å²) in [6.45, 7) is 1.48. The molecule has 120 valence electrons. The highest BCUT2D eigenvalue weighted by molar-refractivity contribution is 5.78. The molecule has 6 nitrogen and oxygen atoms in total. The first-order valence-electron chi connectivity index (χ1n) is 7.49. The lowest BCUT2D eigenvalue weighted by molar-refractivity contribution is 0.604. The van der Waals surface area contributed by atoms with Crippen molar-refractivity contribution in [2.75, 3.05) is 30.9 Å². The summed E-state index contributed by atoms with van der Waals surface area (Å²) >= 11 is 0. The third-order valence-corrected chi connectivity index (χ3v) is 3.53. The maximum absolute atomic E-state index is 13.5. The maximum Gasteiger partial charge on any atom is 0.224 e. The van der Waals surface area contributed by atoms with Gasteiger partial charge in [0.25, 0.3) is 0 Å². The monoisotopic (exact) mass is 314 g/mol. The normalized spacial score (nSPS) is 10.9. The molecule has 0 spiro atoms. The van der Waals surface area contributed by atoms with Gasteiger partial charge in [-0.1, -0.05) is 18.2 Å². The van der Waals surface area contributed by atoms with Crippen molar-refractivity contribution in [1.82, 2.24) is 19.7 Å². The SMILES string of the molecule is CN(C)c1nc(NCCCn2ncc3ccccc32)ncc1F. The Bertz CT molecular complexity index is 798.